The predicted molar refractivity (Wildman–Crippen MR) is 93.6 cm³/mol. The standard InChI is InChI=1S/C19H27F3N2O2/c1-2-26-12-4-11-24-17(7-8-18(24)25)9-10-23-14-15-5-3-6-16(13-15)19(20,21)22/h3,5-6,13,17,23H,2,4,7-12,14H2,1H3. The molecule has 1 amide bonds. The molecule has 1 aliphatic heterocycles. The first kappa shape index (κ1) is 20.7. The normalized spacial score (nSPS) is 17.9. The van der Waals surface area contributed by atoms with Gasteiger partial charge >= 0.3 is 6.18 Å². The lowest BCUT2D eigenvalue weighted by Crippen LogP contribution is -2.36. The summed E-state index contributed by atoms with van der Waals surface area (Å²) < 4.78 is 43.5. The van der Waals surface area contributed by atoms with Crippen molar-refractivity contribution in [2.75, 3.05) is 26.3 Å². The van der Waals surface area contributed by atoms with Gasteiger partial charge in [0.05, 0.1) is 5.56 Å². The smallest absolute Gasteiger partial charge is 0.382 e. The van der Waals surface area contributed by atoms with Gasteiger partial charge in [-0.25, -0.2) is 0 Å². The van der Waals surface area contributed by atoms with E-state index in [9.17, 15) is 18.0 Å². The summed E-state index contributed by atoms with van der Waals surface area (Å²) >= 11 is 0. The molecule has 1 aromatic carbocycles. The number of likely N-dealkylation sites (tertiary alicyclic amines) is 1. The summed E-state index contributed by atoms with van der Waals surface area (Å²) in [5, 5.41) is 3.19. The van der Waals surface area contributed by atoms with E-state index in [0.717, 1.165) is 25.3 Å². The minimum atomic E-state index is -4.32. The monoisotopic (exact) mass is 372 g/mol. The van der Waals surface area contributed by atoms with Gasteiger partial charge in [0.2, 0.25) is 5.91 Å². The maximum absolute atomic E-state index is 12.7. The van der Waals surface area contributed by atoms with Crippen molar-refractivity contribution in [2.45, 2.75) is 51.4 Å². The minimum Gasteiger partial charge on any atom is -0.382 e. The first-order valence-electron chi connectivity index (χ1n) is 9.16. The van der Waals surface area contributed by atoms with E-state index in [0.29, 0.717) is 44.8 Å². The van der Waals surface area contributed by atoms with Crippen LogP contribution in [0.25, 0.3) is 0 Å². The van der Waals surface area contributed by atoms with Crippen LogP contribution < -0.4 is 5.32 Å². The van der Waals surface area contributed by atoms with E-state index in [1.165, 1.54) is 12.1 Å². The molecule has 0 spiro atoms. The fraction of sp³-hybridized carbons (Fsp3) is 0.632. The van der Waals surface area contributed by atoms with Gasteiger partial charge in [0.1, 0.15) is 0 Å². The Morgan fingerprint density at radius 1 is 1.35 bits per heavy atom. The highest BCUT2D eigenvalue weighted by molar-refractivity contribution is 5.78. The lowest BCUT2D eigenvalue weighted by atomic mass is 10.1. The average molecular weight is 372 g/mol. The molecule has 0 radical (unpaired) electrons. The quantitative estimate of drug-likeness (QED) is 0.638. The molecule has 26 heavy (non-hydrogen) atoms. The van der Waals surface area contributed by atoms with E-state index in [1.807, 2.05) is 11.8 Å². The number of rotatable bonds is 10. The van der Waals surface area contributed by atoms with Gasteiger partial charge in [-0.1, -0.05) is 18.2 Å². The maximum Gasteiger partial charge on any atom is 0.416 e. The molecule has 0 aromatic heterocycles. The molecule has 0 aliphatic carbocycles. The number of hydrogen-bond donors (Lipinski definition) is 1. The minimum absolute atomic E-state index is 0.185. The first-order chi connectivity index (χ1) is 12.4. The number of halogens is 3. The van der Waals surface area contributed by atoms with Gasteiger partial charge in [-0.2, -0.15) is 13.2 Å². The number of hydrogen-bond acceptors (Lipinski definition) is 3. The number of ether oxygens (including phenoxy) is 1. The maximum atomic E-state index is 12.7. The second kappa shape index (κ2) is 9.92. The van der Waals surface area contributed by atoms with Crippen LogP contribution in [0, 0.1) is 0 Å². The lowest BCUT2D eigenvalue weighted by molar-refractivity contribution is -0.137. The summed E-state index contributed by atoms with van der Waals surface area (Å²) in [7, 11) is 0. The van der Waals surface area contributed by atoms with Crippen LogP contribution in [0.4, 0.5) is 13.2 Å². The van der Waals surface area contributed by atoms with Crippen LogP contribution >= 0.6 is 0 Å². The van der Waals surface area contributed by atoms with Gasteiger partial charge in [-0.15, -0.1) is 0 Å². The molecule has 1 saturated heterocycles. The van der Waals surface area contributed by atoms with Crippen molar-refractivity contribution in [2.24, 2.45) is 0 Å². The van der Waals surface area contributed by atoms with E-state index < -0.39 is 11.7 Å². The molecule has 1 fully saturated rings. The Balaban J connectivity index is 1.74. The Kier molecular flexibility index (Phi) is 7.90. The predicted octanol–water partition coefficient (Wildman–Crippen LogP) is 3.60. The molecular formula is C19H27F3N2O2. The van der Waals surface area contributed by atoms with E-state index >= 15 is 0 Å². The summed E-state index contributed by atoms with van der Waals surface area (Å²) in [6.45, 7) is 5.03. The molecule has 0 saturated carbocycles. The highest BCUT2D eigenvalue weighted by Crippen LogP contribution is 2.29. The zero-order valence-corrected chi connectivity index (χ0v) is 15.1. The Morgan fingerprint density at radius 2 is 2.15 bits per heavy atom. The molecule has 0 bridgehead atoms. The summed E-state index contributed by atoms with van der Waals surface area (Å²) in [6.07, 6.45) is -1.26. The SMILES string of the molecule is CCOCCCN1C(=O)CCC1CCNCc1cccc(C(F)(F)F)c1. The van der Waals surface area contributed by atoms with E-state index in [2.05, 4.69) is 5.32 Å². The summed E-state index contributed by atoms with van der Waals surface area (Å²) in [5.41, 5.74) is -0.0189. The van der Waals surface area contributed by atoms with Crippen molar-refractivity contribution < 1.29 is 22.7 Å². The van der Waals surface area contributed by atoms with Gasteiger partial charge in [-0.3, -0.25) is 4.79 Å². The molecule has 1 heterocycles. The molecular weight excluding hydrogens is 345 g/mol. The van der Waals surface area contributed by atoms with Gasteiger partial charge < -0.3 is 15.0 Å². The fourth-order valence-electron chi connectivity index (χ4n) is 3.24. The molecule has 1 aliphatic rings. The van der Waals surface area contributed by atoms with Gasteiger partial charge in [0, 0.05) is 38.8 Å². The fourth-order valence-corrected chi connectivity index (χ4v) is 3.24. The first-order valence-corrected chi connectivity index (χ1v) is 9.16. The zero-order chi connectivity index (χ0) is 19.0. The van der Waals surface area contributed by atoms with Crippen molar-refractivity contribution in [3.05, 3.63) is 35.4 Å². The number of carbonyl (C=O) groups excluding carboxylic acids is 1. The average Bonchev–Trinajstić information content (AvgIpc) is 2.95. The van der Waals surface area contributed by atoms with E-state index in [4.69, 9.17) is 4.74 Å². The van der Waals surface area contributed by atoms with Crippen LogP contribution in [-0.2, 0) is 22.3 Å². The largest absolute Gasteiger partial charge is 0.416 e. The molecule has 146 valence electrons. The second-order valence-corrected chi connectivity index (χ2v) is 6.49. The van der Waals surface area contributed by atoms with Crippen molar-refractivity contribution in [3.63, 3.8) is 0 Å². The molecule has 1 aromatic rings. The van der Waals surface area contributed by atoms with Crippen molar-refractivity contribution in [3.8, 4) is 0 Å². The number of benzene rings is 1. The summed E-state index contributed by atoms with van der Waals surface area (Å²) in [4.78, 5) is 13.9. The highest BCUT2D eigenvalue weighted by atomic mass is 19.4. The number of alkyl halides is 3. The van der Waals surface area contributed by atoms with E-state index in [1.54, 1.807) is 6.07 Å². The summed E-state index contributed by atoms with van der Waals surface area (Å²) in [6, 6.07) is 5.56. The zero-order valence-electron chi connectivity index (χ0n) is 15.1. The van der Waals surface area contributed by atoms with Crippen LogP contribution in [0.3, 0.4) is 0 Å². The van der Waals surface area contributed by atoms with Gasteiger partial charge in [0.25, 0.3) is 0 Å². The number of carbonyl (C=O) groups is 1. The topological polar surface area (TPSA) is 41.6 Å². The molecule has 1 atom stereocenters. The second-order valence-electron chi connectivity index (χ2n) is 6.49. The third kappa shape index (κ3) is 6.29. The summed E-state index contributed by atoms with van der Waals surface area (Å²) in [5.74, 6) is 0.185. The van der Waals surface area contributed by atoms with Gasteiger partial charge in [0.15, 0.2) is 0 Å². The number of amides is 1. The third-order valence-corrected chi connectivity index (χ3v) is 4.58. The Morgan fingerprint density at radius 3 is 2.88 bits per heavy atom. The van der Waals surface area contributed by atoms with Crippen molar-refractivity contribution >= 4 is 5.91 Å². The Hall–Kier alpha value is -1.60. The molecule has 1 N–H and O–H groups in total. The highest BCUT2D eigenvalue weighted by Gasteiger charge is 2.31. The van der Waals surface area contributed by atoms with Crippen LogP contribution in [-0.4, -0.2) is 43.2 Å². The Labute approximate surface area is 152 Å². The van der Waals surface area contributed by atoms with Crippen molar-refractivity contribution in [1.29, 1.82) is 0 Å². The Bertz CT molecular complexity index is 578. The molecule has 1 unspecified atom stereocenters. The molecule has 2 rings (SSSR count). The molecule has 7 heteroatoms. The number of nitrogens with zero attached hydrogens (tertiary/aromatic N) is 1. The molecule has 4 nitrogen and oxygen atoms in total. The third-order valence-electron chi connectivity index (χ3n) is 4.58. The van der Waals surface area contributed by atoms with Crippen LogP contribution in [0.1, 0.15) is 43.7 Å². The van der Waals surface area contributed by atoms with Gasteiger partial charge in [-0.05, 0) is 44.4 Å². The van der Waals surface area contributed by atoms with Crippen LogP contribution in [0.2, 0.25) is 0 Å². The van der Waals surface area contributed by atoms with Crippen LogP contribution in [0.15, 0.2) is 24.3 Å². The van der Waals surface area contributed by atoms with Crippen molar-refractivity contribution in [1.82, 2.24) is 10.2 Å². The lowest BCUT2D eigenvalue weighted by Gasteiger charge is -2.25. The van der Waals surface area contributed by atoms with E-state index in [-0.39, 0.29) is 11.9 Å². The van der Waals surface area contributed by atoms with Crippen LogP contribution in [0.5, 0.6) is 0 Å². The number of nitrogens with one attached hydrogen (secondary N) is 1.